The van der Waals surface area contributed by atoms with Gasteiger partial charge < -0.3 is 14.1 Å². The van der Waals surface area contributed by atoms with Crippen LogP contribution in [0.1, 0.15) is 18.6 Å². The predicted molar refractivity (Wildman–Crippen MR) is 103 cm³/mol. The van der Waals surface area contributed by atoms with E-state index in [-0.39, 0.29) is 30.6 Å². The topological polar surface area (TPSA) is 77.6 Å². The summed E-state index contributed by atoms with van der Waals surface area (Å²) in [5.74, 6) is -0.630. The lowest BCUT2D eigenvalue weighted by Crippen LogP contribution is -2.47. The second-order valence-corrected chi connectivity index (χ2v) is 6.84. The number of carbonyl (C=O) groups is 1. The van der Waals surface area contributed by atoms with Crippen molar-refractivity contribution in [1.29, 1.82) is 0 Å². The van der Waals surface area contributed by atoms with Gasteiger partial charge in [-0.3, -0.25) is 4.79 Å². The highest BCUT2D eigenvalue weighted by atomic mass is 16.5. The number of benzene rings is 2. The normalized spacial score (nSPS) is 19.5. The zero-order valence-electron chi connectivity index (χ0n) is 15.5. The first-order valence-corrected chi connectivity index (χ1v) is 9.21. The number of carbonyl (C=O) groups excluding carboxylic acids is 1. The van der Waals surface area contributed by atoms with Gasteiger partial charge in [-0.25, -0.2) is 4.79 Å². The van der Waals surface area contributed by atoms with E-state index in [0.717, 1.165) is 10.2 Å². The van der Waals surface area contributed by atoms with Crippen molar-refractivity contribution in [3.63, 3.8) is 0 Å². The van der Waals surface area contributed by atoms with Gasteiger partial charge in [-0.05, 0) is 24.6 Å². The van der Waals surface area contributed by atoms with E-state index in [0.29, 0.717) is 18.7 Å². The van der Waals surface area contributed by atoms with Gasteiger partial charge in [0.2, 0.25) is 11.8 Å². The lowest BCUT2D eigenvalue weighted by atomic mass is 10.1. The fourth-order valence-corrected chi connectivity index (χ4v) is 3.34. The van der Waals surface area contributed by atoms with E-state index in [1.807, 2.05) is 55.5 Å². The van der Waals surface area contributed by atoms with Gasteiger partial charge in [0.1, 0.15) is 12.6 Å². The van der Waals surface area contributed by atoms with E-state index in [9.17, 15) is 9.59 Å². The Morgan fingerprint density at radius 3 is 2.46 bits per heavy atom. The van der Waals surface area contributed by atoms with E-state index >= 15 is 0 Å². The third-order valence-corrected chi connectivity index (χ3v) is 4.70. The monoisotopic (exact) mass is 379 g/mol. The number of nitrogens with zero attached hydrogens (tertiary/aromatic N) is 3. The Balaban J connectivity index is 1.49. The molecule has 3 aromatic rings. The van der Waals surface area contributed by atoms with Gasteiger partial charge in [-0.1, -0.05) is 48.5 Å². The highest BCUT2D eigenvalue weighted by Crippen LogP contribution is 2.25. The first-order chi connectivity index (χ1) is 13.6. The zero-order valence-corrected chi connectivity index (χ0v) is 15.5. The summed E-state index contributed by atoms with van der Waals surface area (Å²) in [6.45, 7) is 2.68. The van der Waals surface area contributed by atoms with Gasteiger partial charge in [-0.15, -0.1) is 5.10 Å². The molecule has 7 nitrogen and oxygen atoms in total. The average Bonchev–Trinajstić information content (AvgIpc) is 3.09. The first-order valence-electron chi connectivity index (χ1n) is 9.21. The highest BCUT2D eigenvalue weighted by molar-refractivity contribution is 5.76. The molecule has 0 spiro atoms. The summed E-state index contributed by atoms with van der Waals surface area (Å²) >= 11 is 0. The minimum Gasteiger partial charge on any atom is -0.388 e. The predicted octanol–water partition coefficient (Wildman–Crippen LogP) is 2.49. The quantitative estimate of drug-likeness (QED) is 0.696. The summed E-state index contributed by atoms with van der Waals surface area (Å²) in [6.07, 6.45) is -0.292. The Hall–Kier alpha value is -3.19. The third kappa shape index (κ3) is 3.89. The van der Waals surface area contributed by atoms with Crippen molar-refractivity contribution in [1.82, 2.24) is 14.7 Å². The Morgan fingerprint density at radius 2 is 1.75 bits per heavy atom. The highest BCUT2D eigenvalue weighted by Gasteiger charge is 2.30. The number of hydrogen-bond acceptors (Lipinski definition) is 5. The van der Waals surface area contributed by atoms with E-state index in [1.165, 1.54) is 0 Å². The number of hydrogen-bond donors (Lipinski definition) is 0. The van der Waals surface area contributed by atoms with Crippen LogP contribution >= 0.6 is 0 Å². The molecular weight excluding hydrogens is 358 g/mol. The molecule has 144 valence electrons. The SMILES string of the molecule is C[C@H]1CN(C(=O)Cn2nc(-c3ccccc3)oc2=O)C[C@H](c2ccccc2)O1. The summed E-state index contributed by atoms with van der Waals surface area (Å²) in [5, 5.41) is 4.17. The van der Waals surface area contributed by atoms with E-state index in [1.54, 1.807) is 17.0 Å². The number of rotatable bonds is 4. The standard InChI is InChI=1S/C21H21N3O4/c1-15-12-23(13-18(27-15)16-8-4-2-5-9-16)19(25)14-24-21(26)28-20(22-24)17-10-6-3-7-11-17/h2-11,15,18H,12-14H2,1H3/t15-,18+/m0/s1. The Morgan fingerprint density at radius 1 is 1.07 bits per heavy atom. The van der Waals surface area contributed by atoms with Crippen molar-refractivity contribution in [2.24, 2.45) is 0 Å². The molecule has 28 heavy (non-hydrogen) atoms. The molecular formula is C21H21N3O4. The molecule has 0 aliphatic carbocycles. The maximum atomic E-state index is 12.8. The van der Waals surface area contributed by atoms with Crippen LogP contribution in [0, 0.1) is 0 Å². The molecule has 2 heterocycles. The number of ether oxygens (including phenoxy) is 1. The second-order valence-electron chi connectivity index (χ2n) is 6.84. The van der Waals surface area contributed by atoms with Gasteiger partial charge >= 0.3 is 5.76 Å². The van der Waals surface area contributed by atoms with Crippen LogP contribution < -0.4 is 5.76 Å². The molecule has 4 rings (SSSR count). The van der Waals surface area contributed by atoms with Gasteiger partial charge in [0.15, 0.2) is 0 Å². The number of amides is 1. The molecule has 1 amide bonds. The first kappa shape index (κ1) is 18.2. The summed E-state index contributed by atoms with van der Waals surface area (Å²) in [4.78, 5) is 26.7. The maximum absolute atomic E-state index is 12.8. The van der Waals surface area contributed by atoms with Gasteiger partial charge in [0.25, 0.3) is 0 Å². The molecule has 0 bridgehead atoms. The summed E-state index contributed by atoms with van der Waals surface area (Å²) in [7, 11) is 0. The van der Waals surface area contributed by atoms with Crippen LogP contribution in [0.4, 0.5) is 0 Å². The van der Waals surface area contributed by atoms with Crippen molar-refractivity contribution in [3.05, 3.63) is 76.8 Å². The molecule has 1 aliphatic rings. The molecule has 7 heteroatoms. The van der Waals surface area contributed by atoms with Gasteiger partial charge in [-0.2, -0.15) is 4.68 Å². The molecule has 1 aliphatic heterocycles. The van der Waals surface area contributed by atoms with Crippen molar-refractivity contribution < 1.29 is 13.9 Å². The van der Waals surface area contributed by atoms with Crippen molar-refractivity contribution >= 4 is 5.91 Å². The number of morpholine rings is 1. The van der Waals surface area contributed by atoms with Gasteiger partial charge in [0, 0.05) is 12.1 Å². The lowest BCUT2D eigenvalue weighted by Gasteiger charge is -2.37. The molecule has 1 fully saturated rings. The zero-order chi connectivity index (χ0) is 19.5. The fourth-order valence-electron chi connectivity index (χ4n) is 3.34. The lowest BCUT2D eigenvalue weighted by molar-refractivity contribution is -0.145. The van der Waals surface area contributed by atoms with Crippen LogP contribution in [0.25, 0.3) is 11.5 Å². The second kappa shape index (κ2) is 7.82. The minimum absolute atomic E-state index is 0.100. The average molecular weight is 379 g/mol. The Kier molecular flexibility index (Phi) is 5.08. The minimum atomic E-state index is -0.645. The van der Waals surface area contributed by atoms with Crippen molar-refractivity contribution in [2.75, 3.05) is 13.1 Å². The van der Waals surface area contributed by atoms with E-state index < -0.39 is 5.76 Å². The third-order valence-electron chi connectivity index (χ3n) is 4.70. The van der Waals surface area contributed by atoms with Crippen LogP contribution in [-0.4, -0.2) is 39.8 Å². The molecule has 0 radical (unpaired) electrons. The van der Waals surface area contributed by atoms with Crippen LogP contribution in [-0.2, 0) is 16.1 Å². The summed E-state index contributed by atoms with van der Waals surface area (Å²) < 4.78 is 12.3. The Labute approximate surface area is 162 Å². The largest absolute Gasteiger partial charge is 0.437 e. The molecule has 0 saturated carbocycles. The smallest absolute Gasteiger partial charge is 0.388 e. The summed E-state index contributed by atoms with van der Waals surface area (Å²) in [6, 6.07) is 18.9. The summed E-state index contributed by atoms with van der Waals surface area (Å²) in [5.41, 5.74) is 1.71. The molecule has 1 saturated heterocycles. The molecule has 0 N–H and O–H groups in total. The molecule has 0 unspecified atom stereocenters. The van der Waals surface area contributed by atoms with Crippen LogP contribution in [0.5, 0.6) is 0 Å². The van der Waals surface area contributed by atoms with Crippen molar-refractivity contribution in [2.45, 2.75) is 25.7 Å². The van der Waals surface area contributed by atoms with E-state index in [4.69, 9.17) is 9.15 Å². The fraction of sp³-hybridized carbons (Fsp3) is 0.286. The van der Waals surface area contributed by atoms with E-state index in [2.05, 4.69) is 5.10 Å². The molecule has 1 aromatic heterocycles. The van der Waals surface area contributed by atoms with Gasteiger partial charge in [0.05, 0.1) is 12.6 Å². The van der Waals surface area contributed by atoms with Crippen molar-refractivity contribution in [3.8, 4) is 11.5 Å². The Bertz CT molecular complexity index is 997. The van der Waals surface area contributed by atoms with Crippen LogP contribution in [0.3, 0.4) is 0 Å². The number of aromatic nitrogens is 2. The maximum Gasteiger partial charge on any atom is 0.437 e. The van der Waals surface area contributed by atoms with Crippen LogP contribution in [0.2, 0.25) is 0 Å². The molecule has 2 atom stereocenters. The van der Waals surface area contributed by atoms with Crippen LogP contribution in [0.15, 0.2) is 69.9 Å². The molecule has 2 aromatic carbocycles.